The minimum Gasteiger partial charge on any atom is -0.467 e. The van der Waals surface area contributed by atoms with E-state index in [0.717, 1.165) is 20.9 Å². The van der Waals surface area contributed by atoms with Gasteiger partial charge in [-0.15, -0.1) is 0 Å². The molecule has 1 aromatic heterocycles. The first kappa shape index (κ1) is 24.6. The number of aromatic nitrogens is 2. The highest BCUT2D eigenvalue weighted by Crippen LogP contribution is 2.22. The fraction of sp³-hybridized carbons (Fsp3) is 0.280. The summed E-state index contributed by atoms with van der Waals surface area (Å²) in [4.78, 5) is 33.7. The number of anilines is 1. The first-order valence-electron chi connectivity index (χ1n) is 10.6. The Morgan fingerprint density at radius 2 is 1.91 bits per heavy atom. The summed E-state index contributed by atoms with van der Waals surface area (Å²) in [6, 6.07) is 15.0. The molecule has 2 aromatic carbocycles. The van der Waals surface area contributed by atoms with Crippen molar-refractivity contribution in [2.24, 2.45) is 5.92 Å². The number of nitrogens with zero attached hydrogens (tertiary/aromatic N) is 2. The molecule has 33 heavy (non-hydrogen) atoms. The molecule has 0 aliphatic rings. The highest BCUT2D eigenvalue weighted by Gasteiger charge is 2.24. The minimum atomic E-state index is -0.558. The number of fused-ring (bicyclic) bond motifs is 1. The highest BCUT2D eigenvalue weighted by molar-refractivity contribution is 14.1. The van der Waals surface area contributed by atoms with Crippen LogP contribution in [0.1, 0.15) is 30.8 Å². The Hall–Kier alpha value is -3.01. The van der Waals surface area contributed by atoms with Gasteiger partial charge in [-0.05, 0) is 35.3 Å². The van der Waals surface area contributed by atoms with E-state index in [9.17, 15) is 9.59 Å². The molecule has 2 N–H and O–H groups in total. The van der Waals surface area contributed by atoms with Crippen LogP contribution >= 0.6 is 22.6 Å². The molecule has 0 aliphatic heterocycles. The molecule has 0 fully saturated rings. The van der Waals surface area contributed by atoms with E-state index >= 15 is 0 Å². The van der Waals surface area contributed by atoms with Crippen molar-refractivity contribution in [2.45, 2.75) is 30.9 Å². The van der Waals surface area contributed by atoms with Gasteiger partial charge in [-0.25, -0.2) is 14.8 Å². The second kappa shape index (κ2) is 11.7. The predicted octanol–water partition coefficient (Wildman–Crippen LogP) is 4.50. The first-order chi connectivity index (χ1) is 15.9. The van der Waals surface area contributed by atoms with Crippen molar-refractivity contribution < 1.29 is 14.3 Å². The van der Waals surface area contributed by atoms with Crippen LogP contribution in [0.2, 0.25) is 0 Å². The van der Waals surface area contributed by atoms with Crippen molar-refractivity contribution in [1.82, 2.24) is 15.3 Å². The van der Waals surface area contributed by atoms with Gasteiger partial charge in [0.2, 0.25) is 5.91 Å². The lowest BCUT2D eigenvalue weighted by atomic mass is 10.0. The summed E-state index contributed by atoms with van der Waals surface area (Å²) in [5.74, 6) is 0.359. The van der Waals surface area contributed by atoms with Gasteiger partial charge < -0.3 is 15.4 Å². The number of methoxy groups -OCH3 is 1. The average Bonchev–Trinajstić information content (AvgIpc) is 2.84. The van der Waals surface area contributed by atoms with Gasteiger partial charge in [-0.3, -0.25) is 4.79 Å². The van der Waals surface area contributed by atoms with Crippen LogP contribution in [0.25, 0.3) is 17.0 Å². The molecule has 3 rings (SSSR count). The van der Waals surface area contributed by atoms with Gasteiger partial charge >= 0.3 is 5.97 Å². The molecule has 0 saturated carbocycles. The van der Waals surface area contributed by atoms with Crippen molar-refractivity contribution in [1.29, 1.82) is 0 Å². The standard InChI is InChI=1S/C25H27IN4O3/c1-16(2)23(25(32)33-3)30-24-19-9-4-5-10-20(19)28-21(29-24)15-27-22(31)12-11-17-7-6-8-18(13-17)14-26/h4-13,16,23H,14-15H2,1-3H3,(H,27,31)(H,28,29,30)/b12-11+/t23-/m0/s1. The summed E-state index contributed by atoms with van der Waals surface area (Å²) < 4.78 is 5.85. The number of nitrogens with one attached hydrogen (secondary N) is 2. The Kier molecular flexibility index (Phi) is 8.76. The number of hydrogen-bond donors (Lipinski definition) is 2. The zero-order chi connectivity index (χ0) is 23.8. The minimum absolute atomic E-state index is 0.00910. The number of benzene rings is 2. The van der Waals surface area contributed by atoms with E-state index in [-0.39, 0.29) is 24.3 Å². The number of carbonyl (C=O) groups excluding carboxylic acids is 2. The van der Waals surface area contributed by atoms with Gasteiger partial charge in [0.05, 0.1) is 19.2 Å². The number of halogens is 1. The number of amides is 1. The molecule has 7 nitrogen and oxygen atoms in total. The molecule has 0 aliphatic carbocycles. The van der Waals surface area contributed by atoms with E-state index in [2.05, 4.69) is 49.3 Å². The molecule has 1 atom stereocenters. The van der Waals surface area contributed by atoms with Crippen LogP contribution < -0.4 is 10.6 Å². The van der Waals surface area contributed by atoms with E-state index in [0.29, 0.717) is 11.6 Å². The molecule has 172 valence electrons. The van der Waals surface area contributed by atoms with Crippen molar-refractivity contribution in [3.05, 3.63) is 71.6 Å². The van der Waals surface area contributed by atoms with Gasteiger partial charge in [-0.2, -0.15) is 0 Å². The summed E-state index contributed by atoms with van der Waals surface area (Å²) in [5.41, 5.74) is 2.89. The zero-order valence-corrected chi connectivity index (χ0v) is 21.0. The Morgan fingerprint density at radius 3 is 2.64 bits per heavy atom. The molecule has 3 aromatic rings. The largest absolute Gasteiger partial charge is 0.467 e. The van der Waals surface area contributed by atoms with Crippen molar-refractivity contribution in [2.75, 3.05) is 12.4 Å². The third-order valence-corrected chi connectivity index (χ3v) is 5.90. The quantitative estimate of drug-likeness (QED) is 0.174. The summed E-state index contributed by atoms with van der Waals surface area (Å²) in [7, 11) is 1.37. The van der Waals surface area contributed by atoms with Crippen LogP contribution in [0.4, 0.5) is 5.82 Å². The average molecular weight is 558 g/mol. The lowest BCUT2D eigenvalue weighted by molar-refractivity contribution is -0.142. The lowest BCUT2D eigenvalue weighted by Crippen LogP contribution is -2.36. The number of hydrogen-bond acceptors (Lipinski definition) is 6. The molecule has 0 bridgehead atoms. The number of esters is 1. The number of rotatable bonds is 9. The smallest absolute Gasteiger partial charge is 0.328 e. The maximum atomic E-state index is 12.4. The summed E-state index contributed by atoms with van der Waals surface area (Å²) in [6.07, 6.45) is 3.28. The number of carbonyl (C=O) groups is 2. The second-order valence-electron chi connectivity index (χ2n) is 7.82. The van der Waals surface area contributed by atoms with Crippen molar-refractivity contribution >= 4 is 57.3 Å². The first-order valence-corrected chi connectivity index (χ1v) is 12.1. The highest BCUT2D eigenvalue weighted by atomic mass is 127. The third-order valence-electron chi connectivity index (χ3n) is 5.02. The Morgan fingerprint density at radius 1 is 1.12 bits per heavy atom. The normalized spacial score (nSPS) is 12.2. The van der Waals surface area contributed by atoms with Crippen LogP contribution in [0.15, 0.2) is 54.6 Å². The molecule has 0 spiro atoms. The van der Waals surface area contributed by atoms with Crippen molar-refractivity contribution in [3.8, 4) is 0 Å². The summed E-state index contributed by atoms with van der Waals surface area (Å²) >= 11 is 2.31. The molecule has 1 amide bonds. The number of alkyl halides is 1. The monoisotopic (exact) mass is 558 g/mol. The number of para-hydroxylation sites is 1. The van der Waals surface area contributed by atoms with Crippen LogP contribution in [-0.4, -0.2) is 35.0 Å². The van der Waals surface area contributed by atoms with E-state index in [1.54, 1.807) is 6.08 Å². The van der Waals surface area contributed by atoms with Gasteiger partial charge in [0.1, 0.15) is 11.9 Å². The van der Waals surface area contributed by atoms with Crippen LogP contribution in [-0.2, 0) is 25.3 Å². The summed E-state index contributed by atoms with van der Waals surface area (Å²) in [5, 5.41) is 6.82. The zero-order valence-electron chi connectivity index (χ0n) is 18.8. The topological polar surface area (TPSA) is 93.2 Å². The van der Waals surface area contributed by atoms with Gasteiger partial charge in [-0.1, -0.05) is 72.8 Å². The number of ether oxygens (including phenoxy) is 1. The molecular weight excluding hydrogens is 531 g/mol. The van der Waals surface area contributed by atoms with Crippen LogP contribution in [0.5, 0.6) is 0 Å². The SMILES string of the molecule is COC(=O)[C@@H](Nc1nc(CNC(=O)/C=C/c2cccc(CI)c2)nc2ccccc12)C(C)C. The van der Waals surface area contributed by atoms with E-state index in [1.807, 2.05) is 56.3 Å². The molecular formula is C25H27IN4O3. The second-order valence-corrected chi connectivity index (χ2v) is 8.59. The van der Waals surface area contributed by atoms with E-state index in [1.165, 1.54) is 18.7 Å². The predicted molar refractivity (Wildman–Crippen MR) is 139 cm³/mol. The molecule has 0 radical (unpaired) electrons. The Balaban J connectivity index is 1.77. The van der Waals surface area contributed by atoms with Gasteiger partial charge in [0.25, 0.3) is 0 Å². The fourth-order valence-electron chi connectivity index (χ4n) is 3.26. The third kappa shape index (κ3) is 6.74. The molecule has 0 saturated heterocycles. The molecule has 1 heterocycles. The van der Waals surface area contributed by atoms with Crippen molar-refractivity contribution in [3.63, 3.8) is 0 Å². The maximum Gasteiger partial charge on any atom is 0.328 e. The van der Waals surface area contributed by atoms with Crippen LogP contribution in [0.3, 0.4) is 0 Å². The van der Waals surface area contributed by atoms with Crippen LogP contribution in [0, 0.1) is 5.92 Å². The maximum absolute atomic E-state index is 12.4. The molecule has 0 unspecified atom stereocenters. The van der Waals surface area contributed by atoms with E-state index in [4.69, 9.17) is 4.74 Å². The Labute approximate surface area is 207 Å². The fourth-order valence-corrected chi connectivity index (χ4v) is 3.74. The molecule has 8 heteroatoms. The lowest BCUT2D eigenvalue weighted by Gasteiger charge is -2.21. The van der Waals surface area contributed by atoms with E-state index < -0.39 is 6.04 Å². The Bertz CT molecular complexity index is 1160. The van der Waals surface area contributed by atoms with Gasteiger partial charge in [0.15, 0.2) is 5.82 Å². The van der Waals surface area contributed by atoms with Gasteiger partial charge in [0, 0.05) is 15.9 Å². The summed E-state index contributed by atoms with van der Waals surface area (Å²) in [6.45, 7) is 4.02.